The van der Waals surface area contributed by atoms with Gasteiger partial charge in [0.1, 0.15) is 5.65 Å². The fourth-order valence-corrected chi connectivity index (χ4v) is 2.60. The Bertz CT molecular complexity index is 718. The van der Waals surface area contributed by atoms with Gasteiger partial charge in [0.15, 0.2) is 5.82 Å². The lowest BCUT2D eigenvalue weighted by molar-refractivity contribution is 0.771. The highest BCUT2D eigenvalue weighted by Crippen LogP contribution is 2.22. The molecule has 0 atom stereocenters. The van der Waals surface area contributed by atoms with Crippen LogP contribution in [0, 0.1) is 0 Å². The highest BCUT2D eigenvalue weighted by atomic mass is 15.2. The Morgan fingerprint density at radius 2 is 1.86 bits per heavy atom. The van der Waals surface area contributed by atoms with E-state index in [0.29, 0.717) is 0 Å². The fraction of sp³-hybridized carbons (Fsp3) is 0.235. The second-order valence-corrected chi connectivity index (χ2v) is 5.18. The number of rotatable bonds is 5. The second kappa shape index (κ2) is 5.97. The molecule has 1 N–H and O–H groups in total. The minimum absolute atomic E-state index is 0.791. The SMILES string of the molecule is CNCc1c(N(C)Cc2ccccc2)nc2ccccn12. The van der Waals surface area contributed by atoms with Crippen molar-refractivity contribution < 1.29 is 0 Å². The molecule has 3 rings (SSSR count). The van der Waals surface area contributed by atoms with Crippen molar-refractivity contribution in [1.82, 2.24) is 14.7 Å². The number of benzene rings is 1. The van der Waals surface area contributed by atoms with E-state index in [4.69, 9.17) is 4.98 Å². The Balaban J connectivity index is 1.96. The van der Waals surface area contributed by atoms with Crippen molar-refractivity contribution in [3.8, 4) is 0 Å². The summed E-state index contributed by atoms with van der Waals surface area (Å²) in [6, 6.07) is 16.6. The van der Waals surface area contributed by atoms with Crippen LogP contribution in [-0.2, 0) is 13.1 Å². The van der Waals surface area contributed by atoms with Crippen LogP contribution in [0.15, 0.2) is 54.7 Å². The minimum atomic E-state index is 0.791. The molecule has 0 aliphatic rings. The molecule has 0 unspecified atom stereocenters. The van der Waals surface area contributed by atoms with E-state index < -0.39 is 0 Å². The zero-order valence-corrected chi connectivity index (χ0v) is 12.5. The maximum Gasteiger partial charge on any atom is 0.152 e. The first kappa shape index (κ1) is 13.6. The number of nitrogens with one attached hydrogen (secondary N) is 1. The van der Waals surface area contributed by atoms with Gasteiger partial charge in [-0.25, -0.2) is 4.98 Å². The summed E-state index contributed by atoms with van der Waals surface area (Å²) >= 11 is 0. The molecule has 21 heavy (non-hydrogen) atoms. The molecule has 2 aromatic heterocycles. The molecule has 0 radical (unpaired) electrons. The van der Waals surface area contributed by atoms with Gasteiger partial charge in [-0.1, -0.05) is 36.4 Å². The number of pyridine rings is 1. The molecule has 0 bridgehead atoms. The van der Waals surface area contributed by atoms with E-state index in [2.05, 4.69) is 52.1 Å². The Morgan fingerprint density at radius 1 is 1.10 bits per heavy atom. The predicted octanol–water partition coefficient (Wildman–Crippen LogP) is 2.69. The summed E-state index contributed by atoms with van der Waals surface area (Å²) in [7, 11) is 4.05. The third kappa shape index (κ3) is 2.76. The Kier molecular flexibility index (Phi) is 3.88. The predicted molar refractivity (Wildman–Crippen MR) is 86.5 cm³/mol. The number of aromatic nitrogens is 2. The quantitative estimate of drug-likeness (QED) is 0.780. The van der Waals surface area contributed by atoms with Crippen molar-refractivity contribution in [1.29, 1.82) is 0 Å². The van der Waals surface area contributed by atoms with Crippen LogP contribution in [0.3, 0.4) is 0 Å². The van der Waals surface area contributed by atoms with Gasteiger partial charge in [-0.15, -0.1) is 0 Å². The molecule has 4 nitrogen and oxygen atoms in total. The molecule has 3 aromatic rings. The maximum atomic E-state index is 4.78. The van der Waals surface area contributed by atoms with E-state index >= 15 is 0 Å². The standard InChI is InChI=1S/C17H20N4/c1-18-12-15-17(19-16-10-6-7-11-21(15)16)20(2)13-14-8-4-3-5-9-14/h3-11,18H,12-13H2,1-2H3. The van der Waals surface area contributed by atoms with Crippen LogP contribution in [0.4, 0.5) is 5.82 Å². The molecule has 0 fully saturated rings. The van der Waals surface area contributed by atoms with E-state index in [0.717, 1.165) is 24.6 Å². The Morgan fingerprint density at radius 3 is 2.62 bits per heavy atom. The van der Waals surface area contributed by atoms with E-state index in [1.807, 2.05) is 31.3 Å². The highest BCUT2D eigenvalue weighted by molar-refractivity contribution is 5.55. The van der Waals surface area contributed by atoms with Gasteiger partial charge < -0.3 is 14.6 Å². The van der Waals surface area contributed by atoms with Gasteiger partial charge in [-0.05, 0) is 24.7 Å². The average Bonchev–Trinajstić information content (AvgIpc) is 2.88. The molecule has 2 heterocycles. The van der Waals surface area contributed by atoms with Gasteiger partial charge in [-0.3, -0.25) is 0 Å². The third-order valence-electron chi connectivity index (χ3n) is 3.58. The molecule has 0 spiro atoms. The van der Waals surface area contributed by atoms with E-state index in [-0.39, 0.29) is 0 Å². The number of hydrogen-bond donors (Lipinski definition) is 1. The molecule has 4 heteroatoms. The van der Waals surface area contributed by atoms with Crippen LogP contribution in [-0.4, -0.2) is 23.5 Å². The summed E-state index contributed by atoms with van der Waals surface area (Å²) in [5.41, 5.74) is 3.46. The van der Waals surface area contributed by atoms with Crippen molar-refractivity contribution in [3.63, 3.8) is 0 Å². The largest absolute Gasteiger partial charge is 0.354 e. The summed E-state index contributed by atoms with van der Waals surface area (Å²) in [5.74, 6) is 1.03. The number of fused-ring (bicyclic) bond motifs is 1. The Labute approximate surface area is 125 Å². The molecule has 0 amide bonds. The van der Waals surface area contributed by atoms with Gasteiger partial charge in [0.05, 0.1) is 5.69 Å². The first-order valence-electron chi connectivity index (χ1n) is 7.15. The lowest BCUT2D eigenvalue weighted by atomic mass is 10.2. The van der Waals surface area contributed by atoms with Crippen LogP contribution in [0.1, 0.15) is 11.3 Å². The van der Waals surface area contributed by atoms with Gasteiger partial charge >= 0.3 is 0 Å². The molecular formula is C17H20N4. The monoisotopic (exact) mass is 280 g/mol. The van der Waals surface area contributed by atoms with E-state index in [1.165, 1.54) is 11.3 Å². The lowest BCUT2D eigenvalue weighted by Crippen LogP contribution is -2.20. The molecule has 1 aromatic carbocycles. The summed E-state index contributed by atoms with van der Waals surface area (Å²) < 4.78 is 2.15. The van der Waals surface area contributed by atoms with Gasteiger partial charge in [0.2, 0.25) is 0 Å². The number of anilines is 1. The van der Waals surface area contributed by atoms with Crippen LogP contribution < -0.4 is 10.2 Å². The van der Waals surface area contributed by atoms with Crippen LogP contribution >= 0.6 is 0 Å². The second-order valence-electron chi connectivity index (χ2n) is 5.18. The molecular weight excluding hydrogens is 260 g/mol. The first-order chi connectivity index (χ1) is 10.3. The fourth-order valence-electron chi connectivity index (χ4n) is 2.60. The van der Waals surface area contributed by atoms with Crippen molar-refractivity contribution in [2.45, 2.75) is 13.1 Å². The van der Waals surface area contributed by atoms with Gasteiger partial charge in [0.25, 0.3) is 0 Å². The zero-order chi connectivity index (χ0) is 14.7. The molecule has 0 aliphatic heterocycles. The zero-order valence-electron chi connectivity index (χ0n) is 12.5. The molecule has 0 saturated carbocycles. The van der Waals surface area contributed by atoms with Gasteiger partial charge in [0, 0.05) is 26.3 Å². The van der Waals surface area contributed by atoms with Gasteiger partial charge in [-0.2, -0.15) is 0 Å². The lowest BCUT2D eigenvalue weighted by Gasteiger charge is -2.18. The molecule has 0 saturated heterocycles. The van der Waals surface area contributed by atoms with Crippen LogP contribution in [0.2, 0.25) is 0 Å². The Hall–Kier alpha value is -2.33. The number of imidazole rings is 1. The summed E-state index contributed by atoms with van der Waals surface area (Å²) in [6.45, 7) is 1.64. The van der Waals surface area contributed by atoms with E-state index in [9.17, 15) is 0 Å². The average molecular weight is 280 g/mol. The minimum Gasteiger partial charge on any atom is -0.354 e. The topological polar surface area (TPSA) is 32.6 Å². The van der Waals surface area contributed by atoms with Crippen LogP contribution in [0.5, 0.6) is 0 Å². The van der Waals surface area contributed by atoms with Crippen LogP contribution in [0.25, 0.3) is 5.65 Å². The maximum absolute atomic E-state index is 4.78. The number of hydrogen-bond acceptors (Lipinski definition) is 3. The van der Waals surface area contributed by atoms with Crippen molar-refractivity contribution in [3.05, 3.63) is 66.0 Å². The molecule has 0 aliphatic carbocycles. The normalized spacial score (nSPS) is 11.0. The van der Waals surface area contributed by atoms with Crippen molar-refractivity contribution >= 4 is 11.5 Å². The summed E-state index contributed by atoms with van der Waals surface area (Å²) in [4.78, 5) is 6.98. The smallest absolute Gasteiger partial charge is 0.152 e. The van der Waals surface area contributed by atoms with Crippen molar-refractivity contribution in [2.24, 2.45) is 0 Å². The van der Waals surface area contributed by atoms with E-state index in [1.54, 1.807) is 0 Å². The third-order valence-corrected chi connectivity index (χ3v) is 3.58. The molecule has 108 valence electrons. The first-order valence-corrected chi connectivity index (χ1v) is 7.15. The summed E-state index contributed by atoms with van der Waals surface area (Å²) in [6.07, 6.45) is 2.06. The van der Waals surface area contributed by atoms with Crippen molar-refractivity contribution in [2.75, 3.05) is 19.0 Å². The summed E-state index contributed by atoms with van der Waals surface area (Å²) in [5, 5.41) is 3.23. The number of nitrogens with zero attached hydrogens (tertiary/aromatic N) is 3. The highest BCUT2D eigenvalue weighted by Gasteiger charge is 2.15.